The number of rotatable bonds is 6. The van der Waals surface area contributed by atoms with E-state index in [9.17, 15) is 14.4 Å². The molecule has 1 fully saturated rings. The van der Waals surface area contributed by atoms with E-state index in [1.807, 2.05) is 24.3 Å². The van der Waals surface area contributed by atoms with Crippen LogP contribution < -0.4 is 10.2 Å². The van der Waals surface area contributed by atoms with Crippen molar-refractivity contribution in [2.75, 3.05) is 24.5 Å². The predicted octanol–water partition coefficient (Wildman–Crippen LogP) is 3.52. The van der Waals surface area contributed by atoms with E-state index < -0.39 is 29.3 Å². The molecule has 0 saturated carbocycles. The number of amides is 2. The SMILES string of the molecule is CC(C)N1CCN(c2ccc(C[C@H](NC(=O)OC(C)(C)C)C(=O)OC(C)(C)C)cc2)C(=O)C1. The van der Waals surface area contributed by atoms with E-state index in [-0.39, 0.29) is 12.3 Å². The average Bonchev–Trinajstić information content (AvgIpc) is 2.65. The summed E-state index contributed by atoms with van der Waals surface area (Å²) in [5, 5.41) is 2.64. The maximum atomic E-state index is 12.8. The molecule has 0 aromatic heterocycles. The summed E-state index contributed by atoms with van der Waals surface area (Å²) in [6.45, 7) is 16.7. The molecule has 1 aromatic carbocycles. The number of alkyl carbamates (subject to hydrolysis) is 1. The number of anilines is 1. The van der Waals surface area contributed by atoms with E-state index in [1.54, 1.807) is 46.4 Å². The number of hydrogen-bond acceptors (Lipinski definition) is 6. The third kappa shape index (κ3) is 8.68. The Kier molecular flexibility index (Phi) is 8.52. The Morgan fingerprint density at radius 1 is 0.970 bits per heavy atom. The zero-order valence-electron chi connectivity index (χ0n) is 21.2. The highest BCUT2D eigenvalue weighted by Crippen LogP contribution is 2.20. The van der Waals surface area contributed by atoms with Gasteiger partial charge in [0, 0.05) is 31.2 Å². The third-order valence-corrected chi connectivity index (χ3v) is 5.05. The monoisotopic (exact) mass is 461 g/mol. The maximum Gasteiger partial charge on any atom is 0.408 e. The highest BCUT2D eigenvalue weighted by molar-refractivity contribution is 5.95. The lowest BCUT2D eigenvalue weighted by atomic mass is 10.0. The first kappa shape index (κ1) is 26.6. The second-order valence-electron chi connectivity index (χ2n) is 10.7. The largest absolute Gasteiger partial charge is 0.458 e. The van der Waals surface area contributed by atoms with Gasteiger partial charge in [0.2, 0.25) is 5.91 Å². The molecule has 1 aliphatic rings. The van der Waals surface area contributed by atoms with Crippen LogP contribution in [0.15, 0.2) is 24.3 Å². The molecule has 0 radical (unpaired) electrons. The Morgan fingerprint density at radius 2 is 1.55 bits per heavy atom. The van der Waals surface area contributed by atoms with Gasteiger partial charge in [0.25, 0.3) is 0 Å². The number of esters is 1. The highest BCUT2D eigenvalue weighted by Gasteiger charge is 2.30. The van der Waals surface area contributed by atoms with Crippen LogP contribution in [0.2, 0.25) is 0 Å². The molecule has 184 valence electrons. The fraction of sp³-hybridized carbons (Fsp3) is 0.640. The number of piperazine rings is 1. The van der Waals surface area contributed by atoms with Crippen molar-refractivity contribution in [2.45, 2.75) is 85.1 Å². The van der Waals surface area contributed by atoms with Gasteiger partial charge >= 0.3 is 12.1 Å². The van der Waals surface area contributed by atoms with Gasteiger partial charge in [-0.1, -0.05) is 12.1 Å². The topological polar surface area (TPSA) is 88.2 Å². The lowest BCUT2D eigenvalue weighted by molar-refractivity contribution is -0.157. The van der Waals surface area contributed by atoms with E-state index in [1.165, 1.54) is 0 Å². The summed E-state index contributed by atoms with van der Waals surface area (Å²) in [5.74, 6) is -0.460. The van der Waals surface area contributed by atoms with Crippen molar-refractivity contribution < 1.29 is 23.9 Å². The Balaban J connectivity index is 2.11. The molecular weight excluding hydrogens is 422 g/mol. The lowest BCUT2D eigenvalue weighted by Crippen LogP contribution is -2.52. The van der Waals surface area contributed by atoms with Crippen molar-refractivity contribution in [3.63, 3.8) is 0 Å². The molecule has 0 spiro atoms. The smallest absolute Gasteiger partial charge is 0.408 e. The van der Waals surface area contributed by atoms with Gasteiger partial charge in [0.05, 0.1) is 6.54 Å². The molecule has 1 atom stereocenters. The number of carbonyl (C=O) groups excluding carboxylic acids is 3. The number of nitrogens with one attached hydrogen (secondary N) is 1. The zero-order valence-corrected chi connectivity index (χ0v) is 21.2. The molecule has 8 nitrogen and oxygen atoms in total. The Morgan fingerprint density at radius 3 is 2.03 bits per heavy atom. The van der Waals surface area contributed by atoms with E-state index in [0.29, 0.717) is 19.1 Å². The van der Waals surface area contributed by atoms with Gasteiger partial charge in [0.15, 0.2) is 0 Å². The van der Waals surface area contributed by atoms with Crippen LogP contribution in [0, 0.1) is 0 Å². The molecule has 2 rings (SSSR count). The average molecular weight is 462 g/mol. The van der Waals surface area contributed by atoms with E-state index in [0.717, 1.165) is 17.8 Å². The summed E-state index contributed by atoms with van der Waals surface area (Å²) >= 11 is 0. The minimum atomic E-state index is -0.902. The normalized spacial score (nSPS) is 16.5. The first-order valence-electron chi connectivity index (χ1n) is 11.5. The molecule has 1 N–H and O–H groups in total. The summed E-state index contributed by atoms with van der Waals surface area (Å²) in [7, 11) is 0. The third-order valence-electron chi connectivity index (χ3n) is 5.05. The van der Waals surface area contributed by atoms with E-state index >= 15 is 0 Å². The van der Waals surface area contributed by atoms with Crippen LogP contribution in [0.25, 0.3) is 0 Å². The number of benzene rings is 1. The van der Waals surface area contributed by atoms with Gasteiger partial charge < -0.3 is 19.7 Å². The molecule has 1 saturated heterocycles. The van der Waals surface area contributed by atoms with Crippen LogP contribution in [-0.2, 0) is 25.5 Å². The molecular formula is C25H39N3O5. The molecule has 1 aliphatic heterocycles. The van der Waals surface area contributed by atoms with Gasteiger partial charge in [-0.3, -0.25) is 9.69 Å². The summed E-state index contributed by atoms with van der Waals surface area (Å²) in [5.41, 5.74) is 0.281. The summed E-state index contributed by atoms with van der Waals surface area (Å²) in [6, 6.07) is 6.91. The maximum absolute atomic E-state index is 12.8. The standard InChI is InChI=1S/C25H39N3O5/c1-17(2)27-13-14-28(21(29)16-27)19-11-9-18(10-12-19)15-20(22(30)32-24(3,4)5)26-23(31)33-25(6,7)8/h9-12,17,20H,13-16H2,1-8H3,(H,26,31)/t20-/m0/s1. The second kappa shape index (κ2) is 10.5. The van der Waals surface area contributed by atoms with Crippen LogP contribution in [-0.4, -0.2) is 65.8 Å². The molecule has 0 bridgehead atoms. The number of hydrogen-bond donors (Lipinski definition) is 1. The van der Waals surface area contributed by atoms with Gasteiger partial charge in [-0.15, -0.1) is 0 Å². The minimum absolute atomic E-state index is 0.0703. The summed E-state index contributed by atoms with van der Waals surface area (Å²) in [6.07, 6.45) is -0.438. The van der Waals surface area contributed by atoms with Crippen LogP contribution >= 0.6 is 0 Å². The van der Waals surface area contributed by atoms with Gasteiger partial charge in [0.1, 0.15) is 17.2 Å². The molecule has 1 aromatic rings. The van der Waals surface area contributed by atoms with Crippen molar-refractivity contribution in [3.8, 4) is 0 Å². The highest BCUT2D eigenvalue weighted by atomic mass is 16.6. The summed E-state index contributed by atoms with van der Waals surface area (Å²) in [4.78, 5) is 41.6. The van der Waals surface area contributed by atoms with Crippen LogP contribution in [0.4, 0.5) is 10.5 Å². The van der Waals surface area contributed by atoms with Crippen molar-refractivity contribution in [2.24, 2.45) is 0 Å². The molecule has 33 heavy (non-hydrogen) atoms. The molecule has 0 aliphatic carbocycles. The van der Waals surface area contributed by atoms with Crippen molar-refractivity contribution >= 4 is 23.7 Å². The lowest BCUT2D eigenvalue weighted by Gasteiger charge is -2.36. The first-order valence-corrected chi connectivity index (χ1v) is 11.5. The Labute approximate surface area is 197 Å². The van der Waals surface area contributed by atoms with Gasteiger partial charge in [-0.25, -0.2) is 9.59 Å². The van der Waals surface area contributed by atoms with Crippen molar-refractivity contribution in [1.82, 2.24) is 10.2 Å². The molecule has 1 heterocycles. The molecule has 8 heteroatoms. The fourth-order valence-electron chi connectivity index (χ4n) is 3.47. The Bertz CT molecular complexity index is 837. The van der Waals surface area contributed by atoms with Gasteiger partial charge in [-0.05, 0) is 73.1 Å². The van der Waals surface area contributed by atoms with E-state index in [2.05, 4.69) is 24.1 Å². The predicted molar refractivity (Wildman–Crippen MR) is 128 cm³/mol. The van der Waals surface area contributed by atoms with Crippen LogP contribution in [0.1, 0.15) is 61.0 Å². The fourth-order valence-corrected chi connectivity index (χ4v) is 3.47. The zero-order chi connectivity index (χ0) is 25.0. The van der Waals surface area contributed by atoms with Gasteiger partial charge in [-0.2, -0.15) is 0 Å². The first-order chi connectivity index (χ1) is 15.1. The molecule has 0 unspecified atom stereocenters. The van der Waals surface area contributed by atoms with Crippen molar-refractivity contribution in [3.05, 3.63) is 29.8 Å². The van der Waals surface area contributed by atoms with Crippen LogP contribution in [0.3, 0.4) is 0 Å². The number of carbonyl (C=O) groups is 3. The molecule has 2 amide bonds. The van der Waals surface area contributed by atoms with Crippen molar-refractivity contribution in [1.29, 1.82) is 0 Å². The quantitative estimate of drug-likeness (QED) is 0.652. The minimum Gasteiger partial charge on any atom is -0.458 e. The number of nitrogens with zero attached hydrogens (tertiary/aromatic N) is 2. The number of ether oxygens (including phenoxy) is 2. The second-order valence-corrected chi connectivity index (χ2v) is 10.7. The Hall–Kier alpha value is -2.61. The van der Waals surface area contributed by atoms with Crippen LogP contribution in [0.5, 0.6) is 0 Å². The van der Waals surface area contributed by atoms with E-state index in [4.69, 9.17) is 9.47 Å². The summed E-state index contributed by atoms with van der Waals surface area (Å²) < 4.78 is 10.8.